The van der Waals surface area contributed by atoms with E-state index in [0.29, 0.717) is 0 Å². The van der Waals surface area contributed by atoms with Gasteiger partial charge < -0.3 is 4.55 Å². The molecule has 1 heterocycles. The fourth-order valence-corrected chi connectivity index (χ4v) is 0.789. The first-order valence-electron chi connectivity index (χ1n) is 5.42. The van der Waals surface area contributed by atoms with Crippen molar-refractivity contribution < 1.29 is 56.9 Å². The summed E-state index contributed by atoms with van der Waals surface area (Å²) in [6, 6.07) is 0. The Bertz CT molecular complexity index is 664. The molecule has 16 heteroatoms. The number of alkyl halides is 6. The average Bonchev–Trinajstić information content (AvgIpc) is 2.71. The van der Waals surface area contributed by atoms with Crippen LogP contribution in [0.5, 0.6) is 0 Å². The van der Waals surface area contributed by atoms with Crippen LogP contribution >= 0.6 is 0 Å². The van der Waals surface area contributed by atoms with Crippen molar-refractivity contribution in [3.8, 4) is 0 Å². The van der Waals surface area contributed by atoms with Gasteiger partial charge in [-0.1, -0.05) is 6.92 Å². The van der Waals surface area contributed by atoms with E-state index in [1.807, 2.05) is 19.4 Å². The fourth-order valence-electron chi connectivity index (χ4n) is 0.789. The zero-order valence-electron chi connectivity index (χ0n) is 11.9. The molecule has 0 unspecified atom stereocenters. The third-order valence-corrected chi connectivity index (χ3v) is 3.04. The molecule has 0 spiro atoms. The zero-order chi connectivity index (χ0) is 20.0. The van der Waals surface area contributed by atoms with Crippen LogP contribution in [0.4, 0.5) is 26.3 Å². The monoisotopic (exact) mass is 410 g/mol. The molecule has 0 atom stereocenters. The number of aryl methyl sites for hydroxylation is 2. The second-order valence-electron chi connectivity index (χ2n) is 3.69. The standard InChI is InChI=1S/C6H10N2.2CHF3O3S/c1-3-6-7-4-5-8(6)2;2*2-1(3,4)8(5,6)7/h4-5H,3H2,1-2H3;2*(H,5,6,7). The second kappa shape index (κ2) is 8.63. The summed E-state index contributed by atoms with van der Waals surface area (Å²) in [5, 5.41) is 0. The van der Waals surface area contributed by atoms with Crippen LogP contribution in [0.25, 0.3) is 0 Å². The first-order chi connectivity index (χ1) is 10.3. The molecule has 1 aromatic heterocycles. The Hall–Kier alpha value is -1.39. The molecule has 0 aromatic carbocycles. The highest BCUT2D eigenvalue weighted by atomic mass is 32.2. The van der Waals surface area contributed by atoms with Gasteiger partial charge in [0, 0.05) is 6.42 Å². The molecule has 0 aliphatic rings. The summed E-state index contributed by atoms with van der Waals surface area (Å²) >= 11 is 0. The minimum Gasteiger partial charge on any atom is -0.741 e. The van der Waals surface area contributed by atoms with E-state index in [1.54, 1.807) is 0 Å². The number of aromatic amines is 1. The summed E-state index contributed by atoms with van der Waals surface area (Å²) in [6.45, 7) is 2.13. The maximum Gasteiger partial charge on any atom is 0.522 e. The smallest absolute Gasteiger partial charge is 0.522 e. The third-order valence-electron chi connectivity index (χ3n) is 1.88. The van der Waals surface area contributed by atoms with E-state index in [1.165, 1.54) is 5.82 Å². The number of aromatic nitrogens is 2. The lowest BCUT2D eigenvalue weighted by Gasteiger charge is -2.08. The van der Waals surface area contributed by atoms with Gasteiger partial charge in [-0.05, 0) is 0 Å². The van der Waals surface area contributed by atoms with Crippen LogP contribution in [0.1, 0.15) is 12.7 Å². The maximum absolute atomic E-state index is 10.7. The number of halogens is 6. The van der Waals surface area contributed by atoms with Crippen LogP contribution in [0.3, 0.4) is 0 Å². The van der Waals surface area contributed by atoms with Gasteiger partial charge in [0.2, 0.25) is 0 Å². The summed E-state index contributed by atoms with van der Waals surface area (Å²) in [5.74, 6) is 1.27. The molecule has 144 valence electrons. The zero-order valence-corrected chi connectivity index (χ0v) is 13.5. The van der Waals surface area contributed by atoms with E-state index < -0.39 is 31.3 Å². The SMILES string of the molecule is CCc1[nH]cc[n+]1C.O=S(=O)(O)C(F)(F)F.O=S(=O)([O-])C(F)(F)F. The molecule has 0 saturated heterocycles. The van der Waals surface area contributed by atoms with E-state index >= 15 is 0 Å². The highest BCUT2D eigenvalue weighted by Gasteiger charge is 2.44. The molecule has 0 fully saturated rings. The van der Waals surface area contributed by atoms with Gasteiger partial charge in [-0.15, -0.1) is 0 Å². The minimum absolute atomic E-state index is 1.07. The molecule has 0 amide bonds. The van der Waals surface area contributed by atoms with Gasteiger partial charge in [-0.3, -0.25) is 4.55 Å². The molecular weight excluding hydrogens is 398 g/mol. The van der Waals surface area contributed by atoms with Crippen LogP contribution in [-0.2, 0) is 33.7 Å². The molecule has 0 radical (unpaired) electrons. The second-order valence-corrected chi connectivity index (χ2v) is 6.48. The van der Waals surface area contributed by atoms with Crippen molar-refractivity contribution in [1.82, 2.24) is 4.98 Å². The number of nitrogens with zero attached hydrogens (tertiary/aromatic N) is 1. The molecule has 0 bridgehead atoms. The van der Waals surface area contributed by atoms with Crippen molar-refractivity contribution in [2.24, 2.45) is 7.05 Å². The number of hydrogen-bond donors (Lipinski definition) is 2. The van der Waals surface area contributed by atoms with Crippen LogP contribution in [0.15, 0.2) is 12.4 Å². The van der Waals surface area contributed by atoms with Crippen molar-refractivity contribution in [2.75, 3.05) is 0 Å². The van der Waals surface area contributed by atoms with Gasteiger partial charge in [-0.25, -0.2) is 18.0 Å². The first kappa shape index (κ1) is 24.9. The number of hydrogen-bond acceptors (Lipinski definition) is 5. The predicted molar refractivity (Wildman–Crippen MR) is 64.7 cm³/mol. The van der Waals surface area contributed by atoms with Crippen LogP contribution in [-0.4, -0.2) is 41.9 Å². The predicted octanol–water partition coefficient (Wildman–Crippen LogP) is 0.847. The van der Waals surface area contributed by atoms with Gasteiger partial charge >= 0.3 is 21.1 Å². The summed E-state index contributed by atoms with van der Waals surface area (Å²) < 4.78 is 119. The Balaban J connectivity index is 0. The summed E-state index contributed by atoms with van der Waals surface area (Å²) in [5.41, 5.74) is -11.2. The Kier molecular flexibility index (Phi) is 8.94. The van der Waals surface area contributed by atoms with Crippen molar-refractivity contribution in [2.45, 2.75) is 24.4 Å². The molecule has 2 N–H and O–H groups in total. The van der Waals surface area contributed by atoms with E-state index in [0.717, 1.165) is 6.42 Å². The minimum atomic E-state index is -6.09. The summed E-state index contributed by atoms with van der Waals surface area (Å²) in [7, 11) is -9.89. The highest BCUT2D eigenvalue weighted by molar-refractivity contribution is 7.86. The Morgan fingerprint density at radius 3 is 1.54 bits per heavy atom. The van der Waals surface area contributed by atoms with E-state index in [4.69, 9.17) is 25.9 Å². The number of rotatable bonds is 1. The Morgan fingerprint density at radius 1 is 1.12 bits per heavy atom. The maximum atomic E-state index is 10.7. The largest absolute Gasteiger partial charge is 0.741 e. The van der Waals surface area contributed by atoms with Gasteiger partial charge in [0.1, 0.15) is 12.4 Å². The van der Waals surface area contributed by atoms with Crippen molar-refractivity contribution in [3.63, 3.8) is 0 Å². The molecule has 8 nitrogen and oxygen atoms in total. The van der Waals surface area contributed by atoms with Gasteiger partial charge in [0.05, 0.1) is 7.05 Å². The Morgan fingerprint density at radius 2 is 1.46 bits per heavy atom. The lowest BCUT2D eigenvalue weighted by Crippen LogP contribution is -2.29. The lowest BCUT2D eigenvalue weighted by atomic mass is 10.5. The third kappa shape index (κ3) is 9.68. The first-order valence-corrected chi connectivity index (χ1v) is 8.27. The fraction of sp³-hybridized carbons (Fsp3) is 0.625. The molecule has 0 saturated carbocycles. The van der Waals surface area contributed by atoms with Gasteiger partial charge in [0.15, 0.2) is 10.1 Å². The summed E-state index contributed by atoms with van der Waals surface area (Å²) in [4.78, 5) is 3.12. The molecule has 1 rings (SSSR count). The molecule has 0 aliphatic carbocycles. The highest BCUT2D eigenvalue weighted by Crippen LogP contribution is 2.21. The van der Waals surface area contributed by atoms with Crippen LogP contribution in [0.2, 0.25) is 0 Å². The number of imidazole rings is 1. The van der Waals surface area contributed by atoms with Crippen LogP contribution in [0, 0.1) is 0 Å². The van der Waals surface area contributed by atoms with E-state index in [-0.39, 0.29) is 0 Å². The van der Waals surface area contributed by atoms with Crippen molar-refractivity contribution in [3.05, 3.63) is 18.2 Å². The number of nitrogens with one attached hydrogen (secondary N) is 1. The average molecular weight is 410 g/mol. The Labute approximate surface area is 132 Å². The quantitative estimate of drug-likeness (QED) is 0.305. The van der Waals surface area contributed by atoms with E-state index in [2.05, 4.69) is 16.5 Å². The molecule has 24 heavy (non-hydrogen) atoms. The van der Waals surface area contributed by atoms with Crippen molar-refractivity contribution >= 4 is 20.2 Å². The van der Waals surface area contributed by atoms with Crippen molar-refractivity contribution in [1.29, 1.82) is 0 Å². The van der Waals surface area contributed by atoms with Crippen LogP contribution < -0.4 is 4.57 Å². The topological polar surface area (TPSA) is 131 Å². The van der Waals surface area contributed by atoms with Gasteiger partial charge in [-0.2, -0.15) is 34.8 Å². The van der Waals surface area contributed by atoms with Gasteiger partial charge in [0.25, 0.3) is 5.82 Å². The number of H-pyrrole nitrogens is 1. The molecular formula is C8H12F6N2O6S2. The lowest BCUT2D eigenvalue weighted by molar-refractivity contribution is -0.677. The molecule has 0 aliphatic heterocycles. The summed E-state index contributed by atoms with van der Waals surface area (Å²) in [6.07, 6.45) is 5.03. The molecule has 1 aromatic rings. The normalized spacial score (nSPS) is 12.6. The van der Waals surface area contributed by atoms with E-state index in [9.17, 15) is 26.3 Å².